The van der Waals surface area contributed by atoms with E-state index in [0.717, 1.165) is 49.9 Å². The fourth-order valence-corrected chi connectivity index (χ4v) is 6.08. The van der Waals surface area contributed by atoms with Gasteiger partial charge in [0.25, 0.3) is 0 Å². The van der Waals surface area contributed by atoms with E-state index >= 15 is 0 Å². The first-order valence-corrected chi connectivity index (χ1v) is 13.8. The van der Waals surface area contributed by atoms with Gasteiger partial charge in [0.2, 0.25) is 11.8 Å². The molecule has 0 radical (unpaired) electrons. The summed E-state index contributed by atoms with van der Waals surface area (Å²) in [5.41, 5.74) is 4.45. The van der Waals surface area contributed by atoms with Crippen LogP contribution >= 0.6 is 11.3 Å². The van der Waals surface area contributed by atoms with Gasteiger partial charge in [-0.05, 0) is 56.4 Å². The molecule has 0 bridgehead atoms. The molecule has 2 fully saturated rings. The van der Waals surface area contributed by atoms with Gasteiger partial charge >= 0.3 is 0 Å². The van der Waals surface area contributed by atoms with Crippen molar-refractivity contribution in [3.8, 4) is 11.3 Å². The second-order valence-electron chi connectivity index (χ2n) is 10.2. The molecule has 36 heavy (non-hydrogen) atoms. The van der Waals surface area contributed by atoms with Crippen molar-refractivity contribution < 1.29 is 9.59 Å². The number of benzene rings is 2. The van der Waals surface area contributed by atoms with Crippen molar-refractivity contribution >= 4 is 28.3 Å². The number of thiazole rings is 1. The molecule has 0 unspecified atom stereocenters. The maximum Gasteiger partial charge on any atom is 0.237 e. The summed E-state index contributed by atoms with van der Waals surface area (Å²) in [5.74, 6) is 0.876. The zero-order chi connectivity index (χ0) is 24.9. The quantitative estimate of drug-likeness (QED) is 0.411. The lowest BCUT2D eigenvalue weighted by Gasteiger charge is -2.29. The van der Waals surface area contributed by atoms with Gasteiger partial charge in [0.15, 0.2) is 5.13 Å². The van der Waals surface area contributed by atoms with Gasteiger partial charge < -0.3 is 16.0 Å². The summed E-state index contributed by atoms with van der Waals surface area (Å²) in [6.45, 7) is 2.90. The summed E-state index contributed by atoms with van der Waals surface area (Å²) >= 11 is 1.46. The van der Waals surface area contributed by atoms with Crippen molar-refractivity contribution in [2.45, 2.75) is 63.5 Å². The standard InChI is InChI=1S/C29H34N4O2S/c1-19-7-11-22(12-8-19)26-18-36-29(32-26)33-27(34)15-20-9-13-24(14-10-20)31-28(35)25-16-23(17-30-25)21-5-3-2-4-6-21/h2-8,11-12,18,20,23-25,30H,9-10,13-17H2,1H3,(H,31,35)(H,32,33,34)/t20?,23-,24?,25-/m0/s1. The summed E-state index contributed by atoms with van der Waals surface area (Å²) in [5, 5.41) is 12.3. The zero-order valence-electron chi connectivity index (χ0n) is 20.7. The van der Waals surface area contributed by atoms with Crippen LogP contribution in [0, 0.1) is 12.8 Å². The monoisotopic (exact) mass is 502 g/mol. The van der Waals surface area contributed by atoms with E-state index in [2.05, 4.69) is 76.4 Å². The third-order valence-electron chi connectivity index (χ3n) is 7.48. The fraction of sp³-hybridized carbons (Fsp3) is 0.414. The van der Waals surface area contributed by atoms with Crippen LogP contribution in [0.2, 0.25) is 0 Å². The van der Waals surface area contributed by atoms with Crippen LogP contribution in [0.15, 0.2) is 60.0 Å². The Hall–Kier alpha value is -3.03. The van der Waals surface area contributed by atoms with Crippen LogP contribution in [0.4, 0.5) is 5.13 Å². The minimum atomic E-state index is -0.123. The normalized spacial score (nSPS) is 23.8. The van der Waals surface area contributed by atoms with E-state index in [1.807, 2.05) is 11.4 Å². The van der Waals surface area contributed by atoms with Crippen molar-refractivity contribution in [2.75, 3.05) is 11.9 Å². The van der Waals surface area contributed by atoms with Gasteiger partial charge in [-0.3, -0.25) is 9.59 Å². The Labute approximate surface area is 216 Å². The molecule has 188 valence electrons. The first kappa shape index (κ1) is 24.7. The van der Waals surface area contributed by atoms with Crippen LogP contribution < -0.4 is 16.0 Å². The summed E-state index contributed by atoms with van der Waals surface area (Å²) in [4.78, 5) is 30.0. The maximum atomic E-state index is 12.8. The van der Waals surface area contributed by atoms with Gasteiger partial charge in [-0.15, -0.1) is 11.3 Å². The van der Waals surface area contributed by atoms with Crippen molar-refractivity contribution in [1.82, 2.24) is 15.6 Å². The first-order chi connectivity index (χ1) is 17.5. The first-order valence-electron chi connectivity index (χ1n) is 12.9. The Morgan fingerprint density at radius 3 is 2.53 bits per heavy atom. The molecule has 5 rings (SSSR count). The molecule has 1 aromatic heterocycles. The minimum Gasteiger partial charge on any atom is -0.352 e. The van der Waals surface area contributed by atoms with Crippen LogP contribution in [-0.2, 0) is 9.59 Å². The Balaban J connectivity index is 1.03. The smallest absolute Gasteiger partial charge is 0.237 e. The molecule has 1 aliphatic carbocycles. The van der Waals surface area contributed by atoms with E-state index in [9.17, 15) is 9.59 Å². The molecule has 2 amide bonds. The fourth-order valence-electron chi connectivity index (χ4n) is 5.35. The van der Waals surface area contributed by atoms with E-state index in [0.29, 0.717) is 23.4 Å². The highest BCUT2D eigenvalue weighted by Crippen LogP contribution is 2.30. The molecule has 3 N–H and O–H groups in total. The highest BCUT2D eigenvalue weighted by Gasteiger charge is 2.32. The Bertz CT molecular complexity index is 1170. The van der Waals surface area contributed by atoms with Gasteiger partial charge in [-0.1, -0.05) is 60.2 Å². The van der Waals surface area contributed by atoms with E-state index in [1.54, 1.807) is 0 Å². The second-order valence-corrected chi connectivity index (χ2v) is 11.0. The number of carbonyl (C=O) groups is 2. The van der Waals surface area contributed by atoms with E-state index in [4.69, 9.17) is 0 Å². The topological polar surface area (TPSA) is 83.1 Å². The highest BCUT2D eigenvalue weighted by molar-refractivity contribution is 7.14. The predicted octanol–water partition coefficient (Wildman–Crippen LogP) is 5.27. The second kappa shape index (κ2) is 11.4. The Kier molecular flexibility index (Phi) is 7.78. The van der Waals surface area contributed by atoms with E-state index in [1.165, 1.54) is 22.5 Å². The van der Waals surface area contributed by atoms with Crippen molar-refractivity contribution in [1.29, 1.82) is 0 Å². The lowest BCUT2D eigenvalue weighted by molar-refractivity contribution is -0.124. The third kappa shape index (κ3) is 6.20. The number of hydrogen-bond donors (Lipinski definition) is 3. The summed E-state index contributed by atoms with van der Waals surface area (Å²) in [6, 6.07) is 18.7. The van der Waals surface area contributed by atoms with Crippen LogP contribution in [0.3, 0.4) is 0 Å². The van der Waals surface area contributed by atoms with Gasteiger partial charge in [-0.2, -0.15) is 0 Å². The molecule has 1 saturated carbocycles. The predicted molar refractivity (Wildman–Crippen MR) is 145 cm³/mol. The number of nitrogens with one attached hydrogen (secondary N) is 3. The summed E-state index contributed by atoms with van der Waals surface area (Å²) < 4.78 is 0. The number of amides is 2. The van der Waals surface area contributed by atoms with Gasteiger partial charge in [0.1, 0.15) is 0 Å². The number of aryl methyl sites for hydroxylation is 1. The minimum absolute atomic E-state index is 0.0226. The number of hydrogen-bond acceptors (Lipinski definition) is 5. The molecule has 0 spiro atoms. The molecule has 1 aliphatic heterocycles. The zero-order valence-corrected chi connectivity index (χ0v) is 21.5. The van der Waals surface area contributed by atoms with Crippen molar-refractivity contribution in [3.63, 3.8) is 0 Å². The number of anilines is 1. The lowest BCUT2D eigenvalue weighted by atomic mass is 9.84. The van der Waals surface area contributed by atoms with Gasteiger partial charge in [-0.25, -0.2) is 4.98 Å². The lowest BCUT2D eigenvalue weighted by Crippen LogP contribution is -2.46. The van der Waals surface area contributed by atoms with E-state index < -0.39 is 0 Å². The number of rotatable bonds is 7. The SMILES string of the molecule is Cc1ccc(-c2csc(NC(=O)CC3CCC(NC(=O)[C@@H]4C[C@H](c5ccccc5)CN4)CC3)n2)cc1. The molecule has 1 saturated heterocycles. The third-order valence-corrected chi connectivity index (χ3v) is 8.24. The number of nitrogens with zero attached hydrogens (tertiary/aromatic N) is 1. The average Bonchev–Trinajstić information content (AvgIpc) is 3.57. The van der Waals surface area contributed by atoms with Gasteiger partial charge in [0.05, 0.1) is 11.7 Å². The van der Waals surface area contributed by atoms with Crippen molar-refractivity contribution in [3.05, 3.63) is 71.1 Å². The summed E-state index contributed by atoms with van der Waals surface area (Å²) in [6.07, 6.45) is 5.10. The Morgan fingerprint density at radius 1 is 1.03 bits per heavy atom. The Morgan fingerprint density at radius 2 is 1.78 bits per heavy atom. The van der Waals surface area contributed by atoms with Gasteiger partial charge in [0, 0.05) is 30.0 Å². The molecule has 3 aromatic rings. The summed E-state index contributed by atoms with van der Waals surface area (Å²) in [7, 11) is 0. The van der Waals surface area contributed by atoms with Crippen LogP contribution in [0.1, 0.15) is 55.6 Å². The van der Waals surface area contributed by atoms with E-state index in [-0.39, 0.29) is 23.9 Å². The molecule has 2 aromatic carbocycles. The molecule has 7 heteroatoms. The number of carbonyl (C=O) groups excluding carboxylic acids is 2. The highest BCUT2D eigenvalue weighted by atomic mass is 32.1. The maximum absolute atomic E-state index is 12.8. The molecular formula is C29H34N4O2S. The molecule has 2 heterocycles. The molecule has 2 atom stereocenters. The van der Waals surface area contributed by atoms with Crippen molar-refractivity contribution in [2.24, 2.45) is 5.92 Å². The van der Waals surface area contributed by atoms with Crippen LogP contribution in [0.5, 0.6) is 0 Å². The van der Waals surface area contributed by atoms with Crippen LogP contribution in [0.25, 0.3) is 11.3 Å². The van der Waals surface area contributed by atoms with Crippen LogP contribution in [-0.4, -0.2) is 35.4 Å². The molecule has 2 aliphatic rings. The molecular weight excluding hydrogens is 468 g/mol. The largest absolute Gasteiger partial charge is 0.352 e. The average molecular weight is 503 g/mol. The molecule has 6 nitrogen and oxygen atoms in total. The number of aromatic nitrogens is 1.